The zero-order chi connectivity index (χ0) is 15.8. The number of nitrogens with two attached hydrogens (primary N) is 1. The van der Waals surface area contributed by atoms with Gasteiger partial charge in [0.15, 0.2) is 0 Å². The van der Waals surface area contributed by atoms with E-state index in [9.17, 15) is 13.2 Å². The van der Waals surface area contributed by atoms with Crippen molar-refractivity contribution in [2.75, 3.05) is 19.1 Å². The molecule has 0 aliphatic heterocycles. The Bertz CT molecular complexity index is 483. The molecular formula is C15H29ClN2O3S. The maximum Gasteiger partial charge on any atom is 0.225 e. The summed E-state index contributed by atoms with van der Waals surface area (Å²) >= 11 is 0. The van der Waals surface area contributed by atoms with E-state index < -0.39 is 9.84 Å². The summed E-state index contributed by atoms with van der Waals surface area (Å²) in [5.41, 5.74) is 6.26. The molecular weight excluding hydrogens is 324 g/mol. The fourth-order valence-corrected chi connectivity index (χ4v) is 5.15. The van der Waals surface area contributed by atoms with Crippen LogP contribution in [0, 0.1) is 17.8 Å². The van der Waals surface area contributed by atoms with Gasteiger partial charge >= 0.3 is 0 Å². The van der Waals surface area contributed by atoms with Gasteiger partial charge < -0.3 is 10.6 Å². The molecule has 0 heterocycles. The average molecular weight is 353 g/mol. The lowest BCUT2D eigenvalue weighted by molar-refractivity contribution is -0.138. The van der Waals surface area contributed by atoms with Gasteiger partial charge in [-0.05, 0) is 44.4 Å². The van der Waals surface area contributed by atoms with E-state index in [0.717, 1.165) is 25.7 Å². The molecule has 3 unspecified atom stereocenters. The van der Waals surface area contributed by atoms with Crippen molar-refractivity contribution in [1.82, 2.24) is 4.90 Å². The molecule has 0 spiro atoms. The van der Waals surface area contributed by atoms with Crippen molar-refractivity contribution >= 4 is 28.2 Å². The van der Waals surface area contributed by atoms with Crippen molar-refractivity contribution in [2.45, 2.75) is 51.1 Å². The van der Waals surface area contributed by atoms with Crippen molar-refractivity contribution in [3.05, 3.63) is 0 Å². The highest BCUT2D eigenvalue weighted by molar-refractivity contribution is 7.90. The topological polar surface area (TPSA) is 80.5 Å². The molecule has 2 fully saturated rings. The van der Waals surface area contributed by atoms with Crippen LogP contribution in [0.15, 0.2) is 0 Å². The molecule has 22 heavy (non-hydrogen) atoms. The second-order valence-electron chi connectivity index (χ2n) is 7.09. The van der Waals surface area contributed by atoms with Crippen LogP contribution in [0.1, 0.15) is 39.0 Å². The van der Waals surface area contributed by atoms with Gasteiger partial charge in [0.1, 0.15) is 9.84 Å². The predicted octanol–water partition coefficient (Wildman–Crippen LogP) is 1.45. The van der Waals surface area contributed by atoms with Crippen LogP contribution in [0.5, 0.6) is 0 Å². The summed E-state index contributed by atoms with van der Waals surface area (Å²) in [5, 5.41) is 0. The van der Waals surface area contributed by atoms with Crippen LogP contribution in [-0.2, 0) is 14.6 Å². The van der Waals surface area contributed by atoms with Gasteiger partial charge in [-0.1, -0.05) is 6.42 Å². The Morgan fingerprint density at radius 1 is 1.27 bits per heavy atom. The number of sulfone groups is 1. The maximum atomic E-state index is 12.7. The molecule has 2 rings (SSSR count). The summed E-state index contributed by atoms with van der Waals surface area (Å²) in [5.74, 6) is 1.06. The molecule has 0 radical (unpaired) electrons. The Morgan fingerprint density at radius 2 is 1.77 bits per heavy atom. The first-order valence-electron chi connectivity index (χ1n) is 7.89. The molecule has 0 saturated heterocycles. The number of halogens is 1. The summed E-state index contributed by atoms with van der Waals surface area (Å²) in [6.07, 6.45) is 6.43. The Morgan fingerprint density at radius 3 is 2.23 bits per heavy atom. The number of hydrogen-bond acceptors (Lipinski definition) is 4. The van der Waals surface area contributed by atoms with Crippen LogP contribution in [-0.4, -0.2) is 50.4 Å². The number of rotatable bonds is 4. The van der Waals surface area contributed by atoms with Gasteiger partial charge in [-0.25, -0.2) is 8.42 Å². The standard InChI is InChI=1S/C15H28N2O3S.ClH/c1-10(9-21(3,19)20)17(2)15(18)13-7-11-5-4-6-12(8-13)14(11)16;/h10-14H,4-9,16H2,1-3H3;1H. The molecule has 5 nitrogen and oxygen atoms in total. The molecule has 3 atom stereocenters. The first-order valence-corrected chi connectivity index (χ1v) is 9.95. The molecule has 2 saturated carbocycles. The molecule has 2 aliphatic carbocycles. The van der Waals surface area contributed by atoms with Crippen LogP contribution < -0.4 is 5.73 Å². The van der Waals surface area contributed by atoms with E-state index >= 15 is 0 Å². The smallest absolute Gasteiger partial charge is 0.225 e. The molecule has 2 aliphatic rings. The number of fused-ring (bicyclic) bond motifs is 2. The molecule has 2 bridgehead atoms. The number of amides is 1. The lowest BCUT2D eigenvalue weighted by atomic mass is 9.65. The molecule has 0 aromatic heterocycles. The van der Waals surface area contributed by atoms with Gasteiger partial charge in [0.25, 0.3) is 0 Å². The third kappa shape index (κ3) is 4.59. The molecule has 130 valence electrons. The molecule has 0 aromatic rings. The third-order valence-electron chi connectivity index (χ3n) is 5.32. The van der Waals surface area contributed by atoms with Crippen LogP contribution in [0.4, 0.5) is 0 Å². The lowest BCUT2D eigenvalue weighted by Gasteiger charge is -2.44. The van der Waals surface area contributed by atoms with E-state index in [4.69, 9.17) is 5.73 Å². The van der Waals surface area contributed by atoms with Crippen LogP contribution in [0.25, 0.3) is 0 Å². The fourth-order valence-electron chi connectivity index (χ4n) is 4.05. The summed E-state index contributed by atoms with van der Waals surface area (Å²) in [6, 6.07) is -0.0236. The van der Waals surface area contributed by atoms with Gasteiger partial charge in [0.05, 0.1) is 5.75 Å². The Hall–Kier alpha value is -0.330. The van der Waals surface area contributed by atoms with Crippen molar-refractivity contribution in [3.63, 3.8) is 0 Å². The van der Waals surface area contributed by atoms with E-state index in [1.165, 1.54) is 12.7 Å². The highest BCUT2D eigenvalue weighted by Crippen LogP contribution is 2.42. The van der Waals surface area contributed by atoms with Gasteiger partial charge in [-0.15, -0.1) is 12.4 Å². The first-order chi connectivity index (χ1) is 9.69. The van der Waals surface area contributed by atoms with E-state index in [0.29, 0.717) is 11.8 Å². The van der Waals surface area contributed by atoms with Crippen LogP contribution >= 0.6 is 12.4 Å². The van der Waals surface area contributed by atoms with Gasteiger partial charge in [-0.2, -0.15) is 0 Å². The molecule has 7 heteroatoms. The van der Waals surface area contributed by atoms with Crippen molar-refractivity contribution in [3.8, 4) is 0 Å². The average Bonchev–Trinajstić information content (AvgIpc) is 2.34. The number of hydrogen-bond donors (Lipinski definition) is 1. The quantitative estimate of drug-likeness (QED) is 0.830. The summed E-state index contributed by atoms with van der Waals surface area (Å²) in [6.45, 7) is 1.80. The minimum atomic E-state index is -3.07. The van der Waals surface area contributed by atoms with Crippen LogP contribution in [0.3, 0.4) is 0 Å². The van der Waals surface area contributed by atoms with E-state index in [1.54, 1.807) is 18.9 Å². The molecule has 0 aromatic carbocycles. The van der Waals surface area contributed by atoms with Gasteiger partial charge in [-0.3, -0.25) is 4.79 Å². The number of carbonyl (C=O) groups excluding carboxylic acids is 1. The van der Waals surface area contributed by atoms with Gasteiger partial charge in [0.2, 0.25) is 5.91 Å². The number of carbonyl (C=O) groups is 1. The Labute approximate surface area is 140 Å². The summed E-state index contributed by atoms with van der Waals surface area (Å²) in [4.78, 5) is 14.3. The van der Waals surface area contributed by atoms with Gasteiger partial charge in [0, 0.05) is 31.3 Å². The van der Waals surface area contributed by atoms with Crippen LogP contribution in [0.2, 0.25) is 0 Å². The second kappa shape index (κ2) is 7.49. The Kier molecular flexibility index (Phi) is 6.72. The van der Waals surface area contributed by atoms with Crippen molar-refractivity contribution in [2.24, 2.45) is 23.5 Å². The highest BCUT2D eigenvalue weighted by atomic mass is 35.5. The summed E-state index contributed by atoms with van der Waals surface area (Å²) < 4.78 is 22.8. The lowest BCUT2D eigenvalue weighted by Crippen LogP contribution is -2.50. The van der Waals surface area contributed by atoms with Crippen molar-refractivity contribution in [1.29, 1.82) is 0 Å². The largest absolute Gasteiger partial charge is 0.342 e. The van der Waals surface area contributed by atoms with E-state index in [-0.39, 0.29) is 42.1 Å². The second-order valence-corrected chi connectivity index (χ2v) is 9.27. The summed E-state index contributed by atoms with van der Waals surface area (Å²) in [7, 11) is -1.35. The SMILES string of the molecule is CC(CS(C)(=O)=O)N(C)C(=O)C1CC2CCCC(C1)C2N.Cl. The third-order valence-corrected chi connectivity index (χ3v) is 6.40. The minimum Gasteiger partial charge on any atom is -0.342 e. The zero-order valence-electron chi connectivity index (χ0n) is 13.7. The predicted molar refractivity (Wildman–Crippen MR) is 90.7 cm³/mol. The van der Waals surface area contributed by atoms with E-state index in [2.05, 4.69) is 0 Å². The zero-order valence-corrected chi connectivity index (χ0v) is 15.3. The first kappa shape index (κ1) is 19.7. The minimum absolute atomic E-state index is 0. The fraction of sp³-hybridized carbons (Fsp3) is 0.933. The Balaban J connectivity index is 0.00000242. The normalized spacial score (nSPS) is 32.7. The molecule has 1 amide bonds. The highest BCUT2D eigenvalue weighted by Gasteiger charge is 2.41. The number of nitrogens with zero attached hydrogens (tertiary/aromatic N) is 1. The van der Waals surface area contributed by atoms with Crippen molar-refractivity contribution < 1.29 is 13.2 Å². The molecule has 2 N–H and O–H groups in total. The maximum absolute atomic E-state index is 12.7. The monoisotopic (exact) mass is 352 g/mol. The van der Waals surface area contributed by atoms with E-state index in [1.807, 2.05) is 0 Å².